The van der Waals surface area contributed by atoms with Crippen LogP contribution in [0.2, 0.25) is 0 Å². The molecule has 0 fully saturated rings. The Bertz CT molecular complexity index is 276. The Hall–Kier alpha value is -1.03. The van der Waals surface area contributed by atoms with Crippen LogP contribution in [0.3, 0.4) is 0 Å². The lowest BCUT2D eigenvalue weighted by Crippen LogP contribution is -2.49. The van der Waals surface area contributed by atoms with Gasteiger partial charge in [0.05, 0.1) is 6.61 Å². The minimum Gasteiger partial charge on any atom is -0.443 e. The molecule has 0 spiro atoms. The molecule has 1 rings (SSSR count). The first-order chi connectivity index (χ1) is 6.72. The highest BCUT2D eigenvalue weighted by molar-refractivity contribution is 5.70. The van der Waals surface area contributed by atoms with Crippen molar-refractivity contribution >= 4 is 6.09 Å². The van der Waals surface area contributed by atoms with E-state index in [0.717, 1.165) is 0 Å². The summed E-state index contributed by atoms with van der Waals surface area (Å²) in [6.07, 6.45) is 3.11. The average Bonchev–Trinajstić information content (AvgIpc) is 1.99. The molecule has 0 saturated heterocycles. The molecule has 0 atom stereocenters. The van der Waals surface area contributed by atoms with Crippen LogP contribution in [0.1, 0.15) is 34.6 Å². The fraction of sp³-hybridized carbons (Fsp3) is 0.727. The molecule has 1 aliphatic heterocycles. The fourth-order valence-corrected chi connectivity index (χ4v) is 1.24. The molecule has 0 aliphatic carbocycles. The fourth-order valence-electron chi connectivity index (χ4n) is 1.24. The van der Waals surface area contributed by atoms with Crippen molar-refractivity contribution in [2.24, 2.45) is 0 Å². The number of ether oxygens (including phenoxy) is 2. The van der Waals surface area contributed by atoms with Gasteiger partial charge in [0.25, 0.3) is 0 Å². The second kappa shape index (κ2) is 3.85. The van der Waals surface area contributed by atoms with Gasteiger partial charge in [0.1, 0.15) is 11.3 Å². The highest BCUT2D eigenvalue weighted by atomic mass is 16.6. The highest BCUT2D eigenvalue weighted by Crippen LogP contribution is 2.23. The van der Waals surface area contributed by atoms with Crippen molar-refractivity contribution in [3.05, 3.63) is 12.3 Å². The third-order valence-electron chi connectivity index (χ3n) is 1.96. The van der Waals surface area contributed by atoms with Crippen LogP contribution in [0.25, 0.3) is 0 Å². The number of amides is 1. The van der Waals surface area contributed by atoms with Crippen molar-refractivity contribution in [2.75, 3.05) is 6.61 Å². The molecule has 86 valence electrons. The summed E-state index contributed by atoms with van der Waals surface area (Å²) in [6, 6.07) is 0. The molecule has 0 N–H and O–H groups in total. The van der Waals surface area contributed by atoms with E-state index in [1.54, 1.807) is 12.3 Å². The smallest absolute Gasteiger partial charge is 0.416 e. The predicted octanol–water partition coefficient (Wildman–Crippen LogP) is 2.50. The quantitative estimate of drug-likeness (QED) is 0.620. The number of carbonyl (C=O) groups excluding carboxylic acids is 1. The first-order valence-corrected chi connectivity index (χ1v) is 5.05. The maximum absolute atomic E-state index is 11.8. The Labute approximate surface area is 90.8 Å². The van der Waals surface area contributed by atoms with Gasteiger partial charge < -0.3 is 9.47 Å². The molecule has 1 amide bonds. The minimum atomic E-state index is -0.642. The zero-order valence-corrected chi connectivity index (χ0v) is 10.0. The summed E-state index contributed by atoms with van der Waals surface area (Å²) >= 11 is 0. The van der Waals surface area contributed by atoms with Gasteiger partial charge in [-0.1, -0.05) is 0 Å². The number of hydrogen-bond acceptors (Lipinski definition) is 3. The van der Waals surface area contributed by atoms with E-state index >= 15 is 0 Å². The lowest BCUT2D eigenvalue weighted by molar-refractivity contribution is -0.109. The Kier molecular flexibility index (Phi) is 3.09. The van der Waals surface area contributed by atoms with E-state index in [9.17, 15) is 4.79 Å². The van der Waals surface area contributed by atoms with Crippen LogP contribution in [-0.4, -0.2) is 28.9 Å². The lowest BCUT2D eigenvalue weighted by Gasteiger charge is -2.38. The van der Waals surface area contributed by atoms with E-state index < -0.39 is 11.3 Å². The van der Waals surface area contributed by atoms with Crippen LogP contribution < -0.4 is 0 Å². The van der Waals surface area contributed by atoms with Gasteiger partial charge in [0, 0.05) is 6.20 Å². The molecular weight excluding hydrogens is 194 g/mol. The average molecular weight is 213 g/mol. The van der Waals surface area contributed by atoms with E-state index in [0.29, 0.717) is 6.61 Å². The molecule has 1 heterocycles. The summed E-state index contributed by atoms with van der Waals surface area (Å²) in [4.78, 5) is 13.3. The van der Waals surface area contributed by atoms with Gasteiger partial charge >= 0.3 is 6.09 Å². The van der Waals surface area contributed by atoms with E-state index in [-0.39, 0.29) is 6.09 Å². The topological polar surface area (TPSA) is 38.8 Å². The first kappa shape index (κ1) is 12.0. The van der Waals surface area contributed by atoms with Crippen LogP contribution in [0.4, 0.5) is 4.79 Å². The Morgan fingerprint density at radius 1 is 1.47 bits per heavy atom. The van der Waals surface area contributed by atoms with Crippen LogP contribution in [-0.2, 0) is 9.47 Å². The van der Waals surface area contributed by atoms with Gasteiger partial charge in [-0.3, -0.25) is 4.90 Å². The highest BCUT2D eigenvalue weighted by Gasteiger charge is 2.34. The normalized spacial score (nSPS) is 20.2. The van der Waals surface area contributed by atoms with Crippen molar-refractivity contribution in [2.45, 2.75) is 45.9 Å². The molecule has 0 bridgehead atoms. The van der Waals surface area contributed by atoms with Crippen LogP contribution in [0.15, 0.2) is 12.3 Å². The second-order valence-electron chi connectivity index (χ2n) is 4.99. The third-order valence-corrected chi connectivity index (χ3v) is 1.96. The number of carbonyl (C=O) groups is 1. The molecule has 0 unspecified atom stereocenters. The maximum Gasteiger partial charge on any atom is 0.416 e. The number of nitrogens with zero attached hydrogens (tertiary/aromatic N) is 1. The standard InChI is InChI=1S/C11H19NO3/c1-10(2,3)15-9(13)12-7-6-8-14-11(12,4)5/h6-7H,8H2,1-5H3. The summed E-state index contributed by atoms with van der Waals surface area (Å²) in [7, 11) is 0. The Balaban J connectivity index is 2.74. The summed E-state index contributed by atoms with van der Waals surface area (Å²) in [5.41, 5.74) is -1.13. The lowest BCUT2D eigenvalue weighted by atomic mass is 10.2. The largest absolute Gasteiger partial charge is 0.443 e. The van der Waals surface area contributed by atoms with Crippen LogP contribution in [0.5, 0.6) is 0 Å². The zero-order chi connectivity index (χ0) is 11.7. The molecule has 4 heteroatoms. The van der Waals surface area contributed by atoms with Gasteiger partial charge in [-0.2, -0.15) is 0 Å². The zero-order valence-electron chi connectivity index (χ0n) is 10.0. The van der Waals surface area contributed by atoms with Gasteiger partial charge in [0.2, 0.25) is 0 Å². The van der Waals surface area contributed by atoms with Crippen molar-refractivity contribution < 1.29 is 14.3 Å². The van der Waals surface area contributed by atoms with E-state index in [1.165, 1.54) is 4.90 Å². The molecule has 0 saturated carbocycles. The molecule has 0 radical (unpaired) electrons. The SMILES string of the molecule is CC(C)(C)OC(=O)N1C=CCOC1(C)C. The number of rotatable bonds is 0. The summed E-state index contributed by atoms with van der Waals surface area (Å²) in [5, 5.41) is 0. The maximum atomic E-state index is 11.8. The first-order valence-electron chi connectivity index (χ1n) is 5.05. The Morgan fingerprint density at radius 2 is 2.07 bits per heavy atom. The van der Waals surface area contributed by atoms with Crippen molar-refractivity contribution in [1.29, 1.82) is 0 Å². The third kappa shape index (κ3) is 3.23. The van der Waals surface area contributed by atoms with E-state index in [4.69, 9.17) is 9.47 Å². The second-order valence-corrected chi connectivity index (χ2v) is 4.99. The van der Waals surface area contributed by atoms with Gasteiger partial charge in [-0.25, -0.2) is 4.79 Å². The molecule has 0 aromatic heterocycles. The molecule has 0 aromatic rings. The van der Waals surface area contributed by atoms with Gasteiger partial charge in [-0.15, -0.1) is 0 Å². The van der Waals surface area contributed by atoms with Crippen molar-refractivity contribution in [3.8, 4) is 0 Å². The monoisotopic (exact) mass is 213 g/mol. The number of hydrogen-bond donors (Lipinski definition) is 0. The van der Waals surface area contributed by atoms with E-state index in [1.807, 2.05) is 34.6 Å². The molecule has 0 aromatic carbocycles. The van der Waals surface area contributed by atoms with Crippen molar-refractivity contribution in [1.82, 2.24) is 4.90 Å². The van der Waals surface area contributed by atoms with Crippen molar-refractivity contribution in [3.63, 3.8) is 0 Å². The molecule has 1 aliphatic rings. The van der Waals surface area contributed by atoms with Gasteiger partial charge in [-0.05, 0) is 40.7 Å². The summed E-state index contributed by atoms with van der Waals surface area (Å²) < 4.78 is 10.7. The summed E-state index contributed by atoms with van der Waals surface area (Å²) in [5.74, 6) is 0. The predicted molar refractivity (Wildman–Crippen MR) is 57.2 cm³/mol. The van der Waals surface area contributed by atoms with Gasteiger partial charge in [0.15, 0.2) is 0 Å². The minimum absolute atomic E-state index is 0.386. The Morgan fingerprint density at radius 3 is 2.53 bits per heavy atom. The van der Waals surface area contributed by atoms with E-state index in [2.05, 4.69) is 0 Å². The van der Waals surface area contributed by atoms with Crippen LogP contribution in [0, 0.1) is 0 Å². The molecular formula is C11H19NO3. The molecule has 15 heavy (non-hydrogen) atoms. The summed E-state index contributed by atoms with van der Waals surface area (Å²) in [6.45, 7) is 9.71. The van der Waals surface area contributed by atoms with Crippen LogP contribution >= 0.6 is 0 Å². The molecule has 4 nitrogen and oxygen atoms in total.